The van der Waals surface area contributed by atoms with Crippen molar-refractivity contribution in [3.05, 3.63) is 52.9 Å². The molecule has 10 heteroatoms. The summed E-state index contributed by atoms with van der Waals surface area (Å²) in [4.78, 5) is 25.3. The van der Waals surface area contributed by atoms with Gasteiger partial charge in [0, 0.05) is 30.0 Å². The van der Waals surface area contributed by atoms with Gasteiger partial charge in [-0.05, 0) is 49.6 Å². The van der Waals surface area contributed by atoms with E-state index >= 15 is 0 Å². The van der Waals surface area contributed by atoms with Crippen LogP contribution in [0.1, 0.15) is 20.3 Å². The SMILES string of the molecule is CC(C#N)Sc1ccc(-c2ccn(CC[C@](C)(C(=O)NO)S(C)(=O)=O)c(=O)c2)cc1. The van der Waals surface area contributed by atoms with Crippen molar-refractivity contribution < 1.29 is 18.4 Å². The first-order valence-corrected chi connectivity index (χ1v) is 11.8. The second-order valence-corrected chi connectivity index (χ2v) is 10.9. The van der Waals surface area contributed by atoms with E-state index in [9.17, 15) is 18.0 Å². The minimum absolute atomic E-state index is 0.0161. The van der Waals surface area contributed by atoms with Crippen LogP contribution >= 0.6 is 11.8 Å². The Balaban J connectivity index is 2.20. The number of amides is 1. The van der Waals surface area contributed by atoms with Gasteiger partial charge in [0.15, 0.2) is 14.6 Å². The highest BCUT2D eigenvalue weighted by Crippen LogP contribution is 2.26. The van der Waals surface area contributed by atoms with Gasteiger partial charge in [0.2, 0.25) is 0 Å². The van der Waals surface area contributed by atoms with Gasteiger partial charge in [-0.25, -0.2) is 13.9 Å². The summed E-state index contributed by atoms with van der Waals surface area (Å²) in [5.74, 6) is -1.04. The molecule has 0 saturated heterocycles. The molecule has 1 aromatic heterocycles. The molecule has 2 aromatic rings. The molecule has 0 aliphatic rings. The molecule has 30 heavy (non-hydrogen) atoms. The Labute approximate surface area is 179 Å². The largest absolute Gasteiger partial charge is 0.315 e. The van der Waals surface area contributed by atoms with Gasteiger partial charge >= 0.3 is 0 Å². The number of aromatic nitrogens is 1. The van der Waals surface area contributed by atoms with Crippen molar-refractivity contribution in [1.29, 1.82) is 5.26 Å². The molecule has 0 spiro atoms. The fourth-order valence-corrected chi connectivity index (χ4v) is 4.35. The van der Waals surface area contributed by atoms with Crippen LogP contribution in [-0.4, -0.2) is 40.4 Å². The van der Waals surface area contributed by atoms with E-state index < -0.39 is 20.5 Å². The van der Waals surface area contributed by atoms with Gasteiger partial charge in [-0.3, -0.25) is 14.8 Å². The molecule has 2 atom stereocenters. The van der Waals surface area contributed by atoms with Crippen molar-refractivity contribution in [2.75, 3.05) is 6.26 Å². The van der Waals surface area contributed by atoms with E-state index in [0.29, 0.717) is 5.56 Å². The standard InChI is InChI=1S/C20H23N3O5S2/c1-14(13-21)29-17-6-4-15(5-7-17)16-8-10-23(18(24)12-16)11-9-20(2,19(25)22-26)30(3,27)28/h4-8,10,12,14,26H,9,11H2,1-3H3,(H,22,25)/t14?,20-/m1/s1. The van der Waals surface area contributed by atoms with E-state index in [4.69, 9.17) is 10.5 Å². The highest BCUT2D eigenvalue weighted by Gasteiger charge is 2.43. The number of nitriles is 1. The summed E-state index contributed by atoms with van der Waals surface area (Å²) in [5, 5.41) is 17.6. The quantitative estimate of drug-likeness (QED) is 0.359. The zero-order valence-corrected chi connectivity index (χ0v) is 18.5. The molecule has 0 saturated carbocycles. The van der Waals surface area contributed by atoms with Gasteiger partial charge < -0.3 is 4.57 Å². The molecule has 1 unspecified atom stereocenters. The Hall–Kier alpha value is -2.61. The molecule has 1 aromatic carbocycles. The Bertz CT molecular complexity index is 1120. The van der Waals surface area contributed by atoms with Crippen molar-refractivity contribution in [3.63, 3.8) is 0 Å². The number of hydrogen-bond acceptors (Lipinski definition) is 7. The maximum absolute atomic E-state index is 12.5. The molecule has 0 radical (unpaired) electrons. The number of carbonyl (C=O) groups excluding carboxylic acids is 1. The molecular formula is C20H23N3O5S2. The Morgan fingerprint density at radius 1 is 1.30 bits per heavy atom. The maximum Gasteiger partial charge on any atom is 0.264 e. The van der Waals surface area contributed by atoms with Crippen LogP contribution in [0.25, 0.3) is 11.1 Å². The molecule has 1 heterocycles. The second-order valence-electron chi connectivity index (χ2n) is 7.05. The molecule has 0 fully saturated rings. The monoisotopic (exact) mass is 449 g/mol. The molecule has 0 aliphatic heterocycles. The molecular weight excluding hydrogens is 426 g/mol. The molecule has 2 N–H and O–H groups in total. The summed E-state index contributed by atoms with van der Waals surface area (Å²) in [6.45, 7) is 3.01. The number of hydroxylamine groups is 1. The van der Waals surface area contributed by atoms with Crippen molar-refractivity contribution >= 4 is 27.5 Å². The lowest BCUT2D eigenvalue weighted by Gasteiger charge is -2.25. The zero-order valence-electron chi connectivity index (χ0n) is 16.8. The second kappa shape index (κ2) is 9.47. The van der Waals surface area contributed by atoms with Gasteiger partial charge in [-0.1, -0.05) is 12.1 Å². The summed E-state index contributed by atoms with van der Waals surface area (Å²) < 4.78 is 23.5. The van der Waals surface area contributed by atoms with Gasteiger partial charge in [-0.2, -0.15) is 5.26 Å². The third-order valence-electron chi connectivity index (χ3n) is 4.91. The van der Waals surface area contributed by atoms with Crippen molar-refractivity contribution in [2.24, 2.45) is 0 Å². The molecule has 160 valence electrons. The number of carbonyl (C=O) groups is 1. The lowest BCUT2D eigenvalue weighted by molar-refractivity contribution is -0.131. The number of benzene rings is 1. The van der Waals surface area contributed by atoms with E-state index in [0.717, 1.165) is 16.7 Å². The summed E-state index contributed by atoms with van der Waals surface area (Å²) in [5.41, 5.74) is 2.57. The van der Waals surface area contributed by atoms with E-state index in [2.05, 4.69) is 6.07 Å². The van der Waals surface area contributed by atoms with Crippen LogP contribution in [0.2, 0.25) is 0 Å². The number of rotatable bonds is 8. The van der Waals surface area contributed by atoms with Crippen LogP contribution in [0, 0.1) is 11.3 Å². The molecule has 0 aliphatic carbocycles. The van der Waals surface area contributed by atoms with Crippen LogP contribution in [-0.2, 0) is 21.2 Å². The fraction of sp³-hybridized carbons (Fsp3) is 0.350. The van der Waals surface area contributed by atoms with Gasteiger partial charge in [-0.15, -0.1) is 11.8 Å². The normalized spacial score (nSPS) is 14.4. The highest BCUT2D eigenvalue weighted by molar-refractivity contribution is 8.00. The number of aryl methyl sites for hydroxylation is 1. The van der Waals surface area contributed by atoms with Crippen molar-refractivity contribution in [3.8, 4) is 17.2 Å². The average molecular weight is 450 g/mol. The third-order valence-corrected chi connectivity index (χ3v) is 7.94. The summed E-state index contributed by atoms with van der Waals surface area (Å²) in [6.07, 6.45) is 2.27. The van der Waals surface area contributed by atoms with E-state index in [1.807, 2.05) is 31.2 Å². The minimum atomic E-state index is -3.83. The Morgan fingerprint density at radius 3 is 2.43 bits per heavy atom. The predicted octanol–water partition coefficient (Wildman–Crippen LogP) is 2.22. The summed E-state index contributed by atoms with van der Waals surface area (Å²) >= 11 is 1.44. The smallest absolute Gasteiger partial charge is 0.264 e. The number of thioether (sulfide) groups is 1. The third kappa shape index (κ3) is 5.30. The van der Waals surface area contributed by atoms with Crippen LogP contribution in [0.5, 0.6) is 0 Å². The average Bonchev–Trinajstić information content (AvgIpc) is 2.71. The number of nitrogens with one attached hydrogen (secondary N) is 1. The zero-order chi connectivity index (χ0) is 22.5. The van der Waals surface area contributed by atoms with Gasteiger partial charge in [0.25, 0.3) is 11.5 Å². The fourth-order valence-electron chi connectivity index (χ4n) is 2.75. The molecule has 2 rings (SSSR count). The topological polar surface area (TPSA) is 129 Å². The number of pyridine rings is 1. The molecule has 8 nitrogen and oxygen atoms in total. The van der Waals surface area contributed by atoms with E-state index in [1.165, 1.54) is 41.0 Å². The first-order chi connectivity index (χ1) is 14.0. The van der Waals surface area contributed by atoms with E-state index in [-0.39, 0.29) is 23.8 Å². The minimum Gasteiger partial charge on any atom is -0.315 e. The lowest BCUT2D eigenvalue weighted by atomic mass is 10.1. The maximum atomic E-state index is 12.5. The van der Waals surface area contributed by atoms with Gasteiger partial charge in [0.1, 0.15) is 0 Å². The number of sulfone groups is 1. The number of nitrogens with zero attached hydrogens (tertiary/aromatic N) is 2. The summed E-state index contributed by atoms with van der Waals surface area (Å²) in [7, 11) is -3.83. The Morgan fingerprint density at radius 2 is 1.93 bits per heavy atom. The van der Waals surface area contributed by atoms with Crippen molar-refractivity contribution in [2.45, 2.75) is 41.7 Å². The van der Waals surface area contributed by atoms with E-state index in [1.54, 1.807) is 6.07 Å². The van der Waals surface area contributed by atoms with Crippen LogP contribution < -0.4 is 11.0 Å². The van der Waals surface area contributed by atoms with Crippen LogP contribution in [0.4, 0.5) is 0 Å². The predicted molar refractivity (Wildman–Crippen MR) is 115 cm³/mol. The Kier molecular flexibility index (Phi) is 7.47. The highest BCUT2D eigenvalue weighted by atomic mass is 32.2. The van der Waals surface area contributed by atoms with Gasteiger partial charge in [0.05, 0.1) is 11.3 Å². The van der Waals surface area contributed by atoms with Crippen LogP contribution in [0.3, 0.4) is 0 Å². The van der Waals surface area contributed by atoms with Crippen LogP contribution in [0.15, 0.2) is 52.3 Å². The first kappa shape index (κ1) is 23.7. The first-order valence-electron chi connectivity index (χ1n) is 9.03. The number of hydrogen-bond donors (Lipinski definition) is 2. The van der Waals surface area contributed by atoms with Crippen molar-refractivity contribution in [1.82, 2.24) is 10.0 Å². The summed E-state index contributed by atoms with van der Waals surface area (Å²) in [6, 6.07) is 12.8. The molecule has 0 bridgehead atoms. The molecule has 1 amide bonds. The lowest BCUT2D eigenvalue weighted by Crippen LogP contribution is -2.49.